The molecule has 0 heterocycles. The van der Waals surface area contributed by atoms with Crippen molar-refractivity contribution in [2.24, 2.45) is 0 Å². The highest BCUT2D eigenvalue weighted by molar-refractivity contribution is 6.33. The molecule has 0 saturated carbocycles. The summed E-state index contributed by atoms with van der Waals surface area (Å²) in [4.78, 5) is 25.4. The Morgan fingerprint density at radius 3 is 2.37 bits per heavy atom. The number of benzene rings is 2. The number of hydrogen-bond donors (Lipinski definition) is 1. The molecule has 1 N–H and O–H groups in total. The van der Waals surface area contributed by atoms with Gasteiger partial charge < -0.3 is 19.7 Å². The summed E-state index contributed by atoms with van der Waals surface area (Å²) in [6.45, 7) is 2.42. The monoisotopic (exact) mass is 390 g/mol. The van der Waals surface area contributed by atoms with E-state index < -0.39 is 0 Å². The lowest BCUT2D eigenvalue weighted by Crippen LogP contribution is -2.35. The molecule has 0 aliphatic carbocycles. The van der Waals surface area contributed by atoms with Crippen LogP contribution in [0.3, 0.4) is 0 Å². The minimum Gasteiger partial charge on any atom is -0.497 e. The summed E-state index contributed by atoms with van der Waals surface area (Å²) < 4.78 is 10.6. The number of ether oxygens (including phenoxy) is 2. The Bertz CT molecular complexity index is 765. The van der Waals surface area contributed by atoms with Crippen LogP contribution in [0, 0.1) is 0 Å². The number of halogens is 1. The molecule has 27 heavy (non-hydrogen) atoms. The summed E-state index contributed by atoms with van der Waals surface area (Å²) in [5.41, 5.74) is 0.599. The first-order chi connectivity index (χ1) is 13.0. The standard InChI is InChI=1S/C20H23ClN2O4/c1-15(24)23(19-6-4-3-5-18(19)21)13-11-20(25)22-12-14-27-17-9-7-16(26-2)8-10-17/h3-10H,11-14H2,1-2H3,(H,22,25). The van der Waals surface area contributed by atoms with Crippen LogP contribution in [-0.2, 0) is 9.59 Å². The Labute approximate surface area is 164 Å². The molecule has 2 aromatic rings. The number of carbonyl (C=O) groups excluding carboxylic acids is 2. The predicted octanol–water partition coefficient (Wildman–Crippen LogP) is 3.29. The van der Waals surface area contributed by atoms with Crippen molar-refractivity contribution in [2.45, 2.75) is 13.3 Å². The van der Waals surface area contributed by atoms with Crippen molar-refractivity contribution in [3.05, 3.63) is 53.6 Å². The van der Waals surface area contributed by atoms with Crippen LogP contribution < -0.4 is 19.7 Å². The van der Waals surface area contributed by atoms with Crippen LogP contribution in [0.2, 0.25) is 5.02 Å². The average molecular weight is 391 g/mol. The average Bonchev–Trinajstić information content (AvgIpc) is 2.67. The van der Waals surface area contributed by atoms with Gasteiger partial charge in [-0.15, -0.1) is 0 Å². The molecule has 7 heteroatoms. The van der Waals surface area contributed by atoms with Gasteiger partial charge in [-0.25, -0.2) is 0 Å². The molecule has 6 nitrogen and oxygen atoms in total. The summed E-state index contributed by atoms with van der Waals surface area (Å²) in [7, 11) is 1.60. The molecule has 144 valence electrons. The Kier molecular flexibility index (Phi) is 7.95. The first-order valence-electron chi connectivity index (χ1n) is 8.57. The zero-order valence-corrected chi connectivity index (χ0v) is 16.2. The molecule has 2 amide bonds. The Morgan fingerprint density at radius 2 is 1.74 bits per heavy atom. The molecular weight excluding hydrogens is 368 g/mol. The second kappa shape index (κ2) is 10.4. The molecule has 0 aliphatic heterocycles. The minimum absolute atomic E-state index is 0.161. The van der Waals surface area contributed by atoms with Gasteiger partial charge in [-0.05, 0) is 36.4 Å². The van der Waals surface area contributed by atoms with Gasteiger partial charge in [-0.1, -0.05) is 23.7 Å². The fourth-order valence-corrected chi connectivity index (χ4v) is 2.69. The fourth-order valence-electron chi connectivity index (χ4n) is 2.45. The summed E-state index contributed by atoms with van der Waals surface area (Å²) in [5, 5.41) is 3.25. The molecule has 0 bridgehead atoms. The summed E-state index contributed by atoms with van der Waals surface area (Å²) in [5.74, 6) is 1.13. The van der Waals surface area contributed by atoms with Crippen molar-refractivity contribution in [1.29, 1.82) is 0 Å². The normalized spacial score (nSPS) is 10.2. The molecular formula is C20H23ClN2O4. The number of amides is 2. The van der Waals surface area contributed by atoms with Crippen LogP contribution in [0.1, 0.15) is 13.3 Å². The lowest BCUT2D eigenvalue weighted by Gasteiger charge is -2.22. The van der Waals surface area contributed by atoms with E-state index in [1.165, 1.54) is 11.8 Å². The van der Waals surface area contributed by atoms with Crippen molar-refractivity contribution in [1.82, 2.24) is 5.32 Å². The predicted molar refractivity (Wildman–Crippen MR) is 106 cm³/mol. The molecule has 0 fully saturated rings. The molecule has 0 spiro atoms. The third kappa shape index (κ3) is 6.49. The molecule has 2 rings (SSSR count). The number of nitrogens with zero attached hydrogens (tertiary/aromatic N) is 1. The van der Waals surface area contributed by atoms with E-state index in [1.54, 1.807) is 55.6 Å². The third-order valence-corrected chi connectivity index (χ3v) is 4.16. The number of rotatable bonds is 9. The number of anilines is 1. The zero-order chi connectivity index (χ0) is 19.6. The summed E-state index contributed by atoms with van der Waals surface area (Å²) >= 11 is 6.14. The number of hydrogen-bond acceptors (Lipinski definition) is 4. The topological polar surface area (TPSA) is 67.9 Å². The van der Waals surface area contributed by atoms with E-state index in [0.717, 1.165) is 5.75 Å². The van der Waals surface area contributed by atoms with Gasteiger partial charge in [0.05, 0.1) is 24.4 Å². The minimum atomic E-state index is -0.168. The van der Waals surface area contributed by atoms with E-state index in [2.05, 4.69) is 5.32 Å². The van der Waals surface area contributed by atoms with Crippen LogP contribution in [0.15, 0.2) is 48.5 Å². The van der Waals surface area contributed by atoms with E-state index in [9.17, 15) is 9.59 Å². The van der Waals surface area contributed by atoms with Crippen LogP contribution >= 0.6 is 11.6 Å². The Hall–Kier alpha value is -2.73. The van der Waals surface area contributed by atoms with Gasteiger partial charge >= 0.3 is 0 Å². The quantitative estimate of drug-likeness (QED) is 0.667. The number of nitrogens with one attached hydrogen (secondary N) is 1. The van der Waals surface area contributed by atoms with Crippen LogP contribution in [-0.4, -0.2) is 38.6 Å². The number of carbonyl (C=O) groups is 2. The van der Waals surface area contributed by atoms with Crippen molar-refractivity contribution in [3.8, 4) is 11.5 Å². The van der Waals surface area contributed by atoms with Gasteiger partial charge in [0, 0.05) is 19.9 Å². The molecule has 0 radical (unpaired) electrons. The molecule has 2 aromatic carbocycles. The highest BCUT2D eigenvalue weighted by Gasteiger charge is 2.15. The van der Waals surface area contributed by atoms with Gasteiger partial charge in [0.1, 0.15) is 18.1 Å². The van der Waals surface area contributed by atoms with Gasteiger partial charge in [0.25, 0.3) is 0 Å². The van der Waals surface area contributed by atoms with Gasteiger partial charge in [-0.2, -0.15) is 0 Å². The largest absolute Gasteiger partial charge is 0.497 e. The molecule has 0 atom stereocenters. The van der Waals surface area contributed by atoms with Crippen LogP contribution in [0.4, 0.5) is 5.69 Å². The van der Waals surface area contributed by atoms with Gasteiger partial charge in [0.2, 0.25) is 11.8 Å². The molecule has 0 aliphatic rings. The van der Waals surface area contributed by atoms with E-state index in [-0.39, 0.29) is 24.8 Å². The maximum absolute atomic E-state index is 12.0. The number of para-hydroxylation sites is 1. The second-order valence-electron chi connectivity index (χ2n) is 5.75. The molecule has 0 unspecified atom stereocenters. The lowest BCUT2D eigenvalue weighted by molar-refractivity contribution is -0.121. The first-order valence-corrected chi connectivity index (χ1v) is 8.95. The van der Waals surface area contributed by atoms with Gasteiger partial charge in [0.15, 0.2) is 0 Å². The third-order valence-electron chi connectivity index (χ3n) is 3.84. The zero-order valence-electron chi connectivity index (χ0n) is 15.4. The fraction of sp³-hybridized carbons (Fsp3) is 0.300. The number of methoxy groups -OCH3 is 1. The maximum Gasteiger partial charge on any atom is 0.223 e. The van der Waals surface area contributed by atoms with Crippen molar-refractivity contribution in [3.63, 3.8) is 0 Å². The van der Waals surface area contributed by atoms with E-state index in [0.29, 0.717) is 29.6 Å². The molecule has 0 aromatic heterocycles. The highest BCUT2D eigenvalue weighted by atomic mass is 35.5. The summed E-state index contributed by atoms with van der Waals surface area (Å²) in [6.07, 6.45) is 0.174. The maximum atomic E-state index is 12.0. The van der Waals surface area contributed by atoms with Crippen LogP contribution in [0.5, 0.6) is 11.5 Å². The summed E-state index contributed by atoms with van der Waals surface area (Å²) in [6, 6.07) is 14.3. The second-order valence-corrected chi connectivity index (χ2v) is 6.15. The lowest BCUT2D eigenvalue weighted by atomic mass is 10.2. The van der Waals surface area contributed by atoms with Crippen molar-refractivity contribution < 1.29 is 19.1 Å². The van der Waals surface area contributed by atoms with E-state index in [4.69, 9.17) is 21.1 Å². The first kappa shape index (κ1) is 20.6. The SMILES string of the molecule is COc1ccc(OCCNC(=O)CCN(C(C)=O)c2ccccc2Cl)cc1. The molecule has 0 saturated heterocycles. The van der Waals surface area contributed by atoms with E-state index in [1.807, 2.05) is 0 Å². The van der Waals surface area contributed by atoms with Crippen molar-refractivity contribution >= 4 is 29.1 Å². The Balaban J connectivity index is 1.74. The van der Waals surface area contributed by atoms with Crippen LogP contribution in [0.25, 0.3) is 0 Å². The highest BCUT2D eigenvalue weighted by Crippen LogP contribution is 2.25. The van der Waals surface area contributed by atoms with Gasteiger partial charge in [-0.3, -0.25) is 9.59 Å². The van der Waals surface area contributed by atoms with E-state index >= 15 is 0 Å². The Morgan fingerprint density at radius 1 is 1.07 bits per heavy atom. The van der Waals surface area contributed by atoms with Crippen molar-refractivity contribution in [2.75, 3.05) is 31.7 Å². The smallest absolute Gasteiger partial charge is 0.223 e.